The molecule has 11 rings (SSSR count). The van der Waals surface area contributed by atoms with Crippen molar-refractivity contribution in [1.82, 2.24) is 0 Å². The maximum atomic E-state index is 12.4. The van der Waals surface area contributed by atoms with E-state index in [-0.39, 0.29) is 46.7 Å². The smallest absolute Gasteiger partial charge is 0.187 e. The minimum atomic E-state index is -1.92. The molecular formula is C58H94O27. The van der Waals surface area contributed by atoms with Crippen molar-refractivity contribution >= 4 is 0 Å². The highest BCUT2D eigenvalue weighted by molar-refractivity contribution is 5.41. The molecule has 27 nitrogen and oxygen atoms in total. The molecule has 4 saturated carbocycles. The Hall–Kier alpha value is -1.34. The van der Waals surface area contributed by atoms with Gasteiger partial charge in [0.05, 0.1) is 69.5 Å². The molecule has 0 amide bonds. The van der Waals surface area contributed by atoms with Crippen molar-refractivity contribution in [3.63, 3.8) is 0 Å². The summed E-state index contributed by atoms with van der Waals surface area (Å²) in [5, 5.41) is 173. The summed E-state index contributed by atoms with van der Waals surface area (Å²) in [7, 11) is 0. The molecule has 0 bridgehead atoms. The van der Waals surface area contributed by atoms with Gasteiger partial charge in [-0.05, 0) is 84.4 Å². The number of hydrogen-bond donors (Lipinski definition) is 16. The van der Waals surface area contributed by atoms with Crippen molar-refractivity contribution in [3.05, 3.63) is 11.6 Å². The number of epoxide rings is 1. The van der Waals surface area contributed by atoms with E-state index in [0.717, 1.165) is 19.3 Å². The Morgan fingerprint density at radius 2 is 1.02 bits per heavy atom. The van der Waals surface area contributed by atoms with E-state index in [2.05, 4.69) is 54.5 Å². The van der Waals surface area contributed by atoms with Crippen molar-refractivity contribution in [2.24, 2.45) is 50.2 Å². The second kappa shape index (κ2) is 23.7. The number of ether oxygens (including phenoxy) is 11. The molecule has 27 heteroatoms. The molecule has 5 aliphatic carbocycles. The number of aliphatic hydroxyl groups excluding tert-OH is 16. The first kappa shape index (κ1) is 65.2. The zero-order valence-corrected chi connectivity index (χ0v) is 49.2. The molecule has 34 atom stereocenters. The first-order chi connectivity index (χ1) is 40.0. The topological polar surface area (TPSA) is 429 Å². The maximum Gasteiger partial charge on any atom is 0.187 e. The van der Waals surface area contributed by atoms with Crippen molar-refractivity contribution in [1.29, 1.82) is 0 Å². The van der Waals surface area contributed by atoms with Crippen molar-refractivity contribution < 1.29 is 134 Å². The fraction of sp³-hybridized carbons (Fsp3) is 0.966. The number of rotatable bonds is 14. The summed E-state index contributed by atoms with van der Waals surface area (Å²) < 4.78 is 68.4. The monoisotopic (exact) mass is 1220 g/mol. The van der Waals surface area contributed by atoms with Gasteiger partial charge in [-0.2, -0.15) is 0 Å². The van der Waals surface area contributed by atoms with Gasteiger partial charge in [0.15, 0.2) is 31.5 Å². The van der Waals surface area contributed by atoms with Crippen molar-refractivity contribution in [2.45, 2.75) is 259 Å². The van der Waals surface area contributed by atoms with Crippen LogP contribution in [0.5, 0.6) is 0 Å². The number of hydrogen-bond acceptors (Lipinski definition) is 27. The van der Waals surface area contributed by atoms with Crippen LogP contribution in [0.1, 0.15) is 93.4 Å². The molecule has 0 aromatic carbocycles. The SMILES string of the molecule is CC1(C)CC(OC2OC(CO)C(O)C(O)C2O)C2(CO)C(C1)C1=CCC3C4(C)CCC(OC5OCC(OC6OC(CO)C(O)C(O)C6OC6OCC(O)C(O)C6O)C(O)C5OC5OC(CO)C(O)C(O)C5O)C(C)(C)C4CCC3(C)C1(C)C1OC12. The van der Waals surface area contributed by atoms with Crippen LogP contribution in [0.3, 0.4) is 0 Å². The summed E-state index contributed by atoms with van der Waals surface area (Å²) in [6.45, 7) is 12.2. The van der Waals surface area contributed by atoms with Gasteiger partial charge >= 0.3 is 0 Å². The highest BCUT2D eigenvalue weighted by atomic mass is 16.8. The van der Waals surface area contributed by atoms with E-state index in [1.54, 1.807) is 0 Å². The summed E-state index contributed by atoms with van der Waals surface area (Å²) in [6, 6.07) is 0. The van der Waals surface area contributed by atoms with Gasteiger partial charge in [0.2, 0.25) is 0 Å². The second-order valence-corrected chi connectivity index (χ2v) is 28.6. The van der Waals surface area contributed by atoms with E-state index in [1.165, 1.54) is 5.57 Å². The summed E-state index contributed by atoms with van der Waals surface area (Å²) in [5.41, 5.74) is -1.74. The first-order valence-corrected chi connectivity index (χ1v) is 30.4. The normalized spacial score (nSPS) is 56.3. The lowest BCUT2D eigenvalue weighted by atomic mass is 9.33. The van der Waals surface area contributed by atoms with Gasteiger partial charge in [-0.25, -0.2) is 0 Å². The van der Waals surface area contributed by atoms with E-state index in [0.29, 0.717) is 25.7 Å². The Morgan fingerprint density at radius 3 is 1.64 bits per heavy atom. The molecule has 6 saturated heterocycles. The predicted molar refractivity (Wildman–Crippen MR) is 284 cm³/mol. The molecule has 0 radical (unpaired) electrons. The van der Waals surface area contributed by atoms with Crippen LogP contribution < -0.4 is 0 Å². The number of aliphatic hydroxyl groups is 16. The van der Waals surface area contributed by atoms with Crippen molar-refractivity contribution in [3.8, 4) is 0 Å². The van der Waals surface area contributed by atoms with Gasteiger partial charge in [0.1, 0.15) is 110 Å². The summed E-state index contributed by atoms with van der Waals surface area (Å²) in [4.78, 5) is 0. The lowest BCUT2D eigenvalue weighted by molar-refractivity contribution is -0.392. The standard InChI is InChI=1S/C58H94O27/c1-53(2)14-23-22-8-9-30-55(5)12-11-31(54(3,4)29(55)10-13-56(30,6)57(22,7)46-47(85-46)58(23,21-62)32(15-53)82-49-42(73)38(69)34(65)25(16-59)77-49)81-51-44(84-50-43(74)39(70)35(66)26(17-60)78-50)37(68)28(20-76-51)80-52-45(40(71)36(67)27(18-61)79-52)83-48-41(72)33(64)24(63)19-75-48/h8,23-52,59-74H,9-21H2,1-7H3. The molecule has 0 aromatic heterocycles. The fourth-order valence-corrected chi connectivity index (χ4v) is 18.2. The molecule has 16 N–H and O–H groups in total. The average molecular weight is 1220 g/mol. The number of allylic oxidation sites excluding steroid dienone is 1. The van der Waals surface area contributed by atoms with E-state index < -0.39 is 209 Å². The van der Waals surface area contributed by atoms with Gasteiger partial charge in [-0.15, -0.1) is 0 Å². The lowest BCUT2D eigenvalue weighted by Crippen LogP contribution is -2.69. The highest BCUT2D eigenvalue weighted by Gasteiger charge is 2.80. The Morgan fingerprint density at radius 1 is 0.482 bits per heavy atom. The zero-order valence-electron chi connectivity index (χ0n) is 49.2. The summed E-state index contributed by atoms with van der Waals surface area (Å²) in [6.07, 6.45) is -32.8. The minimum absolute atomic E-state index is 0.0448. The third-order valence-corrected chi connectivity index (χ3v) is 23.2. The highest BCUT2D eigenvalue weighted by Crippen LogP contribution is 2.79. The van der Waals surface area contributed by atoms with E-state index in [4.69, 9.17) is 52.1 Å². The van der Waals surface area contributed by atoms with Crippen LogP contribution in [0.25, 0.3) is 0 Å². The lowest BCUT2D eigenvalue weighted by Gasteiger charge is -2.71. The van der Waals surface area contributed by atoms with Crippen LogP contribution in [0.15, 0.2) is 11.6 Å². The molecule has 85 heavy (non-hydrogen) atoms. The average Bonchev–Trinajstić information content (AvgIpc) is 1.61. The molecule has 0 spiro atoms. The van der Waals surface area contributed by atoms with Gasteiger partial charge < -0.3 is 134 Å². The zero-order chi connectivity index (χ0) is 61.6. The van der Waals surface area contributed by atoms with Crippen LogP contribution in [0.2, 0.25) is 0 Å². The van der Waals surface area contributed by atoms with Crippen LogP contribution in [0, 0.1) is 50.2 Å². The molecule has 0 aromatic rings. The Balaban J connectivity index is 0.847. The molecule has 34 unspecified atom stereocenters. The molecule has 10 fully saturated rings. The van der Waals surface area contributed by atoms with Crippen LogP contribution in [-0.2, 0) is 52.1 Å². The van der Waals surface area contributed by atoms with Crippen LogP contribution in [0.4, 0.5) is 0 Å². The van der Waals surface area contributed by atoms with Gasteiger partial charge in [-0.1, -0.05) is 60.1 Å². The third-order valence-electron chi connectivity index (χ3n) is 23.2. The van der Waals surface area contributed by atoms with Gasteiger partial charge in [0, 0.05) is 5.41 Å². The molecule has 488 valence electrons. The van der Waals surface area contributed by atoms with E-state index >= 15 is 0 Å². The van der Waals surface area contributed by atoms with E-state index in [1.807, 2.05) is 0 Å². The fourth-order valence-electron chi connectivity index (χ4n) is 18.2. The Kier molecular flexibility index (Phi) is 18.1. The van der Waals surface area contributed by atoms with Crippen LogP contribution >= 0.6 is 0 Å². The summed E-state index contributed by atoms with van der Waals surface area (Å²) >= 11 is 0. The second-order valence-electron chi connectivity index (χ2n) is 28.6. The number of fused-ring (bicyclic) bond motifs is 10. The molecule has 6 aliphatic heterocycles. The largest absolute Gasteiger partial charge is 0.396 e. The Bertz CT molecular complexity index is 2370. The summed E-state index contributed by atoms with van der Waals surface area (Å²) in [5.74, 6) is -0.0292. The van der Waals surface area contributed by atoms with Crippen molar-refractivity contribution in [2.75, 3.05) is 39.6 Å². The molecular weight excluding hydrogens is 1130 g/mol. The quantitative estimate of drug-likeness (QED) is 0.0443. The van der Waals surface area contributed by atoms with E-state index in [9.17, 15) is 81.7 Å². The first-order valence-electron chi connectivity index (χ1n) is 30.4. The molecule has 11 aliphatic rings. The predicted octanol–water partition coefficient (Wildman–Crippen LogP) is -4.50. The maximum absolute atomic E-state index is 12.4. The Labute approximate surface area is 493 Å². The van der Waals surface area contributed by atoms with Gasteiger partial charge in [0.25, 0.3) is 0 Å². The third kappa shape index (κ3) is 10.4. The van der Waals surface area contributed by atoms with Crippen LogP contribution in [-0.4, -0.2) is 287 Å². The minimum Gasteiger partial charge on any atom is -0.396 e. The van der Waals surface area contributed by atoms with Gasteiger partial charge in [-0.3, -0.25) is 0 Å². The molecule has 6 heterocycles.